The minimum absolute atomic E-state index is 0.199. The molecule has 0 N–H and O–H groups in total. The first kappa shape index (κ1) is 12.6. The SMILES string of the molecule is O=C(c1cccs1)N1CC(N2CCc3sccc3C2)C1. The topological polar surface area (TPSA) is 23.6 Å². The number of rotatable bonds is 2. The molecular weight excluding hydrogens is 288 g/mol. The van der Waals surface area contributed by atoms with Crippen LogP contribution in [0.4, 0.5) is 0 Å². The summed E-state index contributed by atoms with van der Waals surface area (Å²) in [6, 6.07) is 6.66. The number of amides is 1. The summed E-state index contributed by atoms with van der Waals surface area (Å²) in [4.78, 5) is 19.1. The summed E-state index contributed by atoms with van der Waals surface area (Å²) in [5.41, 5.74) is 1.49. The van der Waals surface area contributed by atoms with Crippen LogP contribution in [0.2, 0.25) is 0 Å². The highest BCUT2D eigenvalue weighted by Crippen LogP contribution is 2.28. The normalized spacial score (nSPS) is 19.7. The minimum atomic E-state index is 0.199. The van der Waals surface area contributed by atoms with Gasteiger partial charge in [0.05, 0.1) is 4.88 Å². The van der Waals surface area contributed by atoms with E-state index in [4.69, 9.17) is 0 Å². The van der Waals surface area contributed by atoms with Crippen molar-refractivity contribution in [1.29, 1.82) is 0 Å². The highest BCUT2D eigenvalue weighted by Gasteiger charge is 2.36. The minimum Gasteiger partial charge on any atom is -0.335 e. The number of nitrogens with zero attached hydrogens (tertiary/aromatic N) is 2. The Morgan fingerprint density at radius 1 is 1.20 bits per heavy atom. The lowest BCUT2D eigenvalue weighted by Gasteiger charge is -2.46. The van der Waals surface area contributed by atoms with E-state index in [1.807, 2.05) is 33.7 Å². The maximum absolute atomic E-state index is 12.2. The Bertz CT molecular complexity index is 614. The highest BCUT2D eigenvalue weighted by molar-refractivity contribution is 7.12. The van der Waals surface area contributed by atoms with E-state index in [0.717, 1.165) is 31.1 Å². The molecule has 0 bridgehead atoms. The Balaban J connectivity index is 1.37. The third-order valence-corrected chi connectivity index (χ3v) is 6.12. The van der Waals surface area contributed by atoms with Gasteiger partial charge in [-0.15, -0.1) is 22.7 Å². The maximum atomic E-state index is 12.2. The van der Waals surface area contributed by atoms with Crippen LogP contribution in [0.5, 0.6) is 0 Å². The summed E-state index contributed by atoms with van der Waals surface area (Å²) in [5, 5.41) is 4.16. The van der Waals surface area contributed by atoms with E-state index >= 15 is 0 Å². The molecule has 0 saturated carbocycles. The van der Waals surface area contributed by atoms with Gasteiger partial charge in [-0.2, -0.15) is 0 Å². The van der Waals surface area contributed by atoms with E-state index < -0.39 is 0 Å². The average Bonchev–Trinajstić information content (AvgIpc) is 3.07. The highest BCUT2D eigenvalue weighted by atomic mass is 32.1. The second-order valence-electron chi connectivity index (χ2n) is 5.43. The Morgan fingerprint density at radius 2 is 2.10 bits per heavy atom. The van der Waals surface area contributed by atoms with E-state index in [9.17, 15) is 4.79 Å². The van der Waals surface area contributed by atoms with Gasteiger partial charge in [-0.3, -0.25) is 9.69 Å². The van der Waals surface area contributed by atoms with Crippen molar-refractivity contribution in [1.82, 2.24) is 9.80 Å². The van der Waals surface area contributed by atoms with Crippen LogP contribution in [-0.2, 0) is 13.0 Å². The Morgan fingerprint density at radius 3 is 2.90 bits per heavy atom. The van der Waals surface area contributed by atoms with Gasteiger partial charge < -0.3 is 4.90 Å². The van der Waals surface area contributed by atoms with Crippen LogP contribution in [0.15, 0.2) is 29.0 Å². The van der Waals surface area contributed by atoms with Gasteiger partial charge in [0.25, 0.3) is 5.91 Å². The third kappa shape index (κ3) is 2.10. The molecule has 2 aromatic heterocycles. The predicted octanol–water partition coefficient (Wildman–Crippen LogP) is 2.69. The van der Waals surface area contributed by atoms with Crippen LogP contribution in [-0.4, -0.2) is 41.4 Å². The summed E-state index contributed by atoms with van der Waals surface area (Å²) in [6.45, 7) is 3.97. The molecule has 0 aliphatic carbocycles. The van der Waals surface area contributed by atoms with E-state index in [1.54, 1.807) is 4.88 Å². The zero-order valence-corrected chi connectivity index (χ0v) is 12.8. The molecule has 4 heterocycles. The van der Waals surface area contributed by atoms with Crippen molar-refractivity contribution in [3.8, 4) is 0 Å². The lowest BCUT2D eigenvalue weighted by molar-refractivity contribution is 0.0224. The fourth-order valence-corrected chi connectivity index (χ4v) is 4.57. The van der Waals surface area contributed by atoms with Gasteiger partial charge in [0.2, 0.25) is 0 Å². The molecule has 3 nitrogen and oxygen atoms in total. The van der Waals surface area contributed by atoms with Crippen molar-refractivity contribution in [3.63, 3.8) is 0 Å². The summed E-state index contributed by atoms with van der Waals surface area (Å²) in [7, 11) is 0. The van der Waals surface area contributed by atoms with E-state index in [0.29, 0.717) is 6.04 Å². The Kier molecular flexibility index (Phi) is 3.13. The lowest BCUT2D eigenvalue weighted by Crippen LogP contribution is -2.61. The number of carbonyl (C=O) groups is 1. The fraction of sp³-hybridized carbons (Fsp3) is 0.400. The summed E-state index contributed by atoms with van der Waals surface area (Å²) >= 11 is 3.41. The zero-order chi connectivity index (χ0) is 13.5. The molecule has 2 aliphatic heterocycles. The van der Waals surface area contributed by atoms with Crippen LogP contribution >= 0.6 is 22.7 Å². The largest absolute Gasteiger partial charge is 0.335 e. The second-order valence-corrected chi connectivity index (χ2v) is 7.38. The van der Waals surface area contributed by atoms with Crippen molar-refractivity contribution < 1.29 is 4.79 Å². The van der Waals surface area contributed by atoms with Crippen LogP contribution in [0.3, 0.4) is 0 Å². The molecule has 20 heavy (non-hydrogen) atoms. The molecule has 5 heteroatoms. The lowest BCUT2D eigenvalue weighted by atomic mass is 10.0. The molecule has 0 radical (unpaired) electrons. The quantitative estimate of drug-likeness (QED) is 0.851. The van der Waals surface area contributed by atoms with Crippen LogP contribution in [0, 0.1) is 0 Å². The maximum Gasteiger partial charge on any atom is 0.264 e. The van der Waals surface area contributed by atoms with E-state index in [1.165, 1.54) is 23.3 Å². The molecule has 2 aliphatic rings. The number of likely N-dealkylation sites (tertiary alicyclic amines) is 1. The summed E-state index contributed by atoms with van der Waals surface area (Å²) in [6.07, 6.45) is 1.17. The Labute approximate surface area is 126 Å². The monoisotopic (exact) mass is 304 g/mol. The van der Waals surface area contributed by atoms with Gasteiger partial charge in [-0.05, 0) is 34.9 Å². The zero-order valence-electron chi connectivity index (χ0n) is 11.1. The van der Waals surface area contributed by atoms with E-state index in [2.05, 4.69) is 16.3 Å². The van der Waals surface area contributed by atoms with Crippen molar-refractivity contribution in [2.24, 2.45) is 0 Å². The van der Waals surface area contributed by atoms with Gasteiger partial charge in [0, 0.05) is 37.1 Å². The molecule has 1 fully saturated rings. The average molecular weight is 304 g/mol. The van der Waals surface area contributed by atoms with Crippen LogP contribution in [0.1, 0.15) is 20.1 Å². The van der Waals surface area contributed by atoms with Crippen LogP contribution < -0.4 is 0 Å². The number of hydrogen-bond donors (Lipinski definition) is 0. The first-order valence-corrected chi connectivity index (χ1v) is 8.69. The van der Waals surface area contributed by atoms with Gasteiger partial charge in [0.1, 0.15) is 0 Å². The van der Waals surface area contributed by atoms with Gasteiger partial charge >= 0.3 is 0 Å². The predicted molar refractivity (Wildman–Crippen MR) is 82.4 cm³/mol. The first-order chi connectivity index (χ1) is 9.81. The molecule has 1 saturated heterocycles. The van der Waals surface area contributed by atoms with Gasteiger partial charge in [-0.25, -0.2) is 0 Å². The number of thiophene rings is 2. The van der Waals surface area contributed by atoms with Crippen molar-refractivity contribution >= 4 is 28.6 Å². The number of hydrogen-bond acceptors (Lipinski definition) is 4. The van der Waals surface area contributed by atoms with Crippen molar-refractivity contribution in [2.45, 2.75) is 19.0 Å². The van der Waals surface area contributed by atoms with Gasteiger partial charge in [-0.1, -0.05) is 6.07 Å². The fourth-order valence-electron chi connectivity index (χ4n) is 2.99. The smallest absolute Gasteiger partial charge is 0.264 e. The molecule has 2 aromatic rings. The summed E-state index contributed by atoms with van der Waals surface area (Å²) < 4.78 is 0. The molecule has 104 valence electrons. The molecule has 1 amide bonds. The second kappa shape index (κ2) is 4.98. The molecule has 4 rings (SSSR count). The standard InChI is InChI=1S/C15H16N2OS2/c18-15(14-2-1-6-19-14)17-9-12(10-17)16-5-3-13-11(8-16)4-7-20-13/h1-2,4,6-7,12H,3,5,8-10H2. The molecule has 0 aromatic carbocycles. The van der Waals surface area contributed by atoms with E-state index in [-0.39, 0.29) is 5.91 Å². The Hall–Kier alpha value is -1.17. The number of fused-ring (bicyclic) bond motifs is 1. The third-order valence-electron chi connectivity index (χ3n) is 4.24. The molecule has 0 spiro atoms. The number of carbonyl (C=O) groups excluding carboxylic acids is 1. The summed E-state index contributed by atoms with van der Waals surface area (Å²) in [5.74, 6) is 0.199. The first-order valence-electron chi connectivity index (χ1n) is 6.93. The van der Waals surface area contributed by atoms with Crippen molar-refractivity contribution in [3.05, 3.63) is 44.3 Å². The molecule has 0 unspecified atom stereocenters. The van der Waals surface area contributed by atoms with Gasteiger partial charge in [0.15, 0.2) is 0 Å². The van der Waals surface area contributed by atoms with Crippen LogP contribution in [0.25, 0.3) is 0 Å². The van der Waals surface area contributed by atoms with Crippen molar-refractivity contribution in [2.75, 3.05) is 19.6 Å². The molecule has 0 atom stereocenters. The molecular formula is C15H16N2OS2.